The highest BCUT2D eigenvalue weighted by Crippen LogP contribution is 2.34. The quantitative estimate of drug-likeness (QED) is 0.860. The second kappa shape index (κ2) is 7.50. The van der Waals surface area contributed by atoms with Gasteiger partial charge in [-0.15, -0.1) is 0 Å². The Morgan fingerprint density at radius 1 is 1.08 bits per heavy atom. The number of nitrogens with zero attached hydrogens (tertiary/aromatic N) is 4. The molecule has 0 saturated carbocycles. The third-order valence-corrected chi connectivity index (χ3v) is 5.30. The van der Waals surface area contributed by atoms with Crippen LogP contribution in [0, 0.1) is 5.41 Å². The monoisotopic (exact) mass is 338 g/mol. The van der Waals surface area contributed by atoms with E-state index in [0.717, 1.165) is 51.6 Å². The van der Waals surface area contributed by atoms with Crippen LogP contribution in [-0.2, 0) is 11.3 Å². The number of likely N-dealkylation sites (tertiary alicyclic amines) is 1. The maximum absolute atomic E-state index is 6.03. The van der Waals surface area contributed by atoms with Gasteiger partial charge in [0.1, 0.15) is 0 Å². The van der Waals surface area contributed by atoms with E-state index in [1.54, 1.807) is 0 Å². The molecule has 5 nitrogen and oxygen atoms in total. The second-order valence-corrected chi connectivity index (χ2v) is 7.32. The smallest absolute Gasteiger partial charge is 0.0641 e. The Morgan fingerprint density at radius 3 is 2.92 bits per heavy atom. The third-order valence-electron chi connectivity index (χ3n) is 5.30. The first kappa shape index (κ1) is 16.5. The van der Waals surface area contributed by atoms with E-state index in [4.69, 9.17) is 4.74 Å². The Kier molecular flexibility index (Phi) is 4.95. The van der Waals surface area contributed by atoms with Gasteiger partial charge in [0.15, 0.2) is 0 Å². The number of hydrogen-bond acceptors (Lipinski definition) is 5. The first-order valence-electron chi connectivity index (χ1n) is 9.18. The number of ether oxygens (including phenoxy) is 1. The van der Waals surface area contributed by atoms with Crippen molar-refractivity contribution in [3.8, 4) is 0 Å². The van der Waals surface area contributed by atoms with Crippen molar-refractivity contribution < 1.29 is 4.74 Å². The Balaban J connectivity index is 1.49. The van der Waals surface area contributed by atoms with Crippen LogP contribution in [0.25, 0.3) is 0 Å². The lowest BCUT2D eigenvalue weighted by atomic mass is 9.80. The van der Waals surface area contributed by atoms with Crippen LogP contribution >= 0.6 is 0 Å². The van der Waals surface area contributed by atoms with Gasteiger partial charge in [-0.2, -0.15) is 0 Å². The van der Waals surface area contributed by atoms with Gasteiger partial charge in [-0.1, -0.05) is 6.07 Å². The number of rotatable bonds is 3. The summed E-state index contributed by atoms with van der Waals surface area (Å²) in [4.78, 5) is 13.8. The molecule has 2 fully saturated rings. The predicted molar refractivity (Wildman–Crippen MR) is 98.5 cm³/mol. The number of anilines is 1. The molecule has 25 heavy (non-hydrogen) atoms. The molecule has 132 valence electrons. The standard InChI is InChI=1S/C20H26N4O/c1-2-9-22-18(5-1)14-23-10-4-7-20(15-23)16-24(11-12-25-17-20)19-6-3-8-21-13-19/h1-3,5-6,8-9,13H,4,7,10-12,14-17H2/t20-/m0/s1. The molecular weight excluding hydrogens is 312 g/mol. The summed E-state index contributed by atoms with van der Waals surface area (Å²) in [5, 5.41) is 0. The number of hydrogen-bond donors (Lipinski definition) is 0. The zero-order valence-electron chi connectivity index (χ0n) is 14.7. The summed E-state index contributed by atoms with van der Waals surface area (Å²) >= 11 is 0. The van der Waals surface area contributed by atoms with Crippen molar-refractivity contribution in [2.45, 2.75) is 19.4 Å². The molecule has 2 aliphatic heterocycles. The van der Waals surface area contributed by atoms with E-state index in [1.807, 2.05) is 30.7 Å². The SMILES string of the molecule is c1ccc(CN2CCC[C@]3(COCCN(c4cccnc4)C3)C2)nc1. The topological polar surface area (TPSA) is 41.5 Å². The molecule has 2 saturated heterocycles. The lowest BCUT2D eigenvalue weighted by Crippen LogP contribution is -2.50. The van der Waals surface area contributed by atoms with Gasteiger partial charge in [-0.25, -0.2) is 0 Å². The van der Waals surface area contributed by atoms with Crippen LogP contribution in [-0.4, -0.2) is 54.3 Å². The number of aromatic nitrogens is 2. The molecule has 2 aliphatic rings. The molecule has 0 unspecified atom stereocenters. The molecule has 2 aromatic rings. The van der Waals surface area contributed by atoms with Crippen molar-refractivity contribution in [2.75, 3.05) is 44.3 Å². The van der Waals surface area contributed by atoms with E-state index < -0.39 is 0 Å². The van der Waals surface area contributed by atoms with Gasteiger partial charge < -0.3 is 9.64 Å². The molecule has 5 heteroatoms. The summed E-state index contributed by atoms with van der Waals surface area (Å²) in [5.74, 6) is 0. The molecule has 4 rings (SSSR count). The molecule has 4 heterocycles. The Bertz CT molecular complexity index is 666. The molecule has 0 amide bonds. The van der Waals surface area contributed by atoms with Crippen molar-refractivity contribution in [1.82, 2.24) is 14.9 Å². The van der Waals surface area contributed by atoms with Crippen LogP contribution in [0.5, 0.6) is 0 Å². The minimum Gasteiger partial charge on any atom is -0.379 e. The van der Waals surface area contributed by atoms with E-state index in [2.05, 4.69) is 38.0 Å². The third kappa shape index (κ3) is 3.99. The van der Waals surface area contributed by atoms with Crippen molar-refractivity contribution >= 4 is 5.69 Å². The van der Waals surface area contributed by atoms with E-state index in [-0.39, 0.29) is 5.41 Å². The average Bonchev–Trinajstić information content (AvgIpc) is 2.86. The zero-order valence-corrected chi connectivity index (χ0v) is 14.7. The normalized spacial score (nSPS) is 25.0. The largest absolute Gasteiger partial charge is 0.379 e. The highest BCUT2D eigenvalue weighted by atomic mass is 16.5. The molecule has 1 spiro atoms. The fraction of sp³-hybridized carbons (Fsp3) is 0.500. The van der Waals surface area contributed by atoms with Crippen molar-refractivity contribution in [3.05, 3.63) is 54.6 Å². The van der Waals surface area contributed by atoms with Gasteiger partial charge in [-0.05, 0) is 43.7 Å². The van der Waals surface area contributed by atoms with Crippen molar-refractivity contribution in [1.29, 1.82) is 0 Å². The molecule has 0 aliphatic carbocycles. The molecule has 0 N–H and O–H groups in total. The lowest BCUT2D eigenvalue weighted by Gasteiger charge is -2.43. The van der Waals surface area contributed by atoms with Crippen LogP contribution in [0.1, 0.15) is 18.5 Å². The van der Waals surface area contributed by atoms with Gasteiger partial charge in [-0.3, -0.25) is 14.9 Å². The fourth-order valence-corrected chi connectivity index (χ4v) is 4.17. The van der Waals surface area contributed by atoms with Crippen molar-refractivity contribution in [2.24, 2.45) is 5.41 Å². The second-order valence-electron chi connectivity index (χ2n) is 7.32. The zero-order chi connectivity index (χ0) is 17.0. The van der Waals surface area contributed by atoms with Crippen LogP contribution in [0.4, 0.5) is 5.69 Å². The molecule has 0 bridgehead atoms. The van der Waals surface area contributed by atoms with Gasteiger partial charge in [0.05, 0.1) is 30.8 Å². The van der Waals surface area contributed by atoms with Gasteiger partial charge >= 0.3 is 0 Å². The Hall–Kier alpha value is -1.98. The fourth-order valence-electron chi connectivity index (χ4n) is 4.17. The molecule has 1 atom stereocenters. The minimum absolute atomic E-state index is 0.194. The Morgan fingerprint density at radius 2 is 2.08 bits per heavy atom. The highest BCUT2D eigenvalue weighted by molar-refractivity contribution is 5.44. The molecule has 0 aromatic carbocycles. The van der Waals surface area contributed by atoms with E-state index >= 15 is 0 Å². The maximum atomic E-state index is 6.03. The summed E-state index contributed by atoms with van der Waals surface area (Å²) < 4.78 is 6.03. The average molecular weight is 338 g/mol. The predicted octanol–water partition coefficient (Wildman–Crippen LogP) is 2.60. The summed E-state index contributed by atoms with van der Waals surface area (Å²) in [7, 11) is 0. The first-order valence-corrected chi connectivity index (χ1v) is 9.18. The first-order chi connectivity index (χ1) is 12.3. The summed E-state index contributed by atoms with van der Waals surface area (Å²) in [6, 6.07) is 10.3. The van der Waals surface area contributed by atoms with Crippen LogP contribution in [0.3, 0.4) is 0 Å². The summed E-state index contributed by atoms with van der Waals surface area (Å²) in [5.41, 5.74) is 2.55. The maximum Gasteiger partial charge on any atom is 0.0641 e. The van der Waals surface area contributed by atoms with E-state index in [0.29, 0.717) is 0 Å². The minimum atomic E-state index is 0.194. The van der Waals surface area contributed by atoms with Crippen LogP contribution in [0.2, 0.25) is 0 Å². The highest BCUT2D eigenvalue weighted by Gasteiger charge is 2.39. The van der Waals surface area contributed by atoms with Crippen LogP contribution in [0.15, 0.2) is 48.9 Å². The molecular formula is C20H26N4O. The van der Waals surface area contributed by atoms with Crippen molar-refractivity contribution in [3.63, 3.8) is 0 Å². The van der Waals surface area contributed by atoms with Gasteiger partial charge in [0, 0.05) is 44.0 Å². The molecule has 0 radical (unpaired) electrons. The molecule has 2 aromatic heterocycles. The number of pyridine rings is 2. The van der Waals surface area contributed by atoms with E-state index in [1.165, 1.54) is 18.5 Å². The number of piperidine rings is 1. The van der Waals surface area contributed by atoms with Crippen LogP contribution < -0.4 is 4.90 Å². The summed E-state index contributed by atoms with van der Waals surface area (Å²) in [6.07, 6.45) is 8.13. The van der Waals surface area contributed by atoms with Gasteiger partial charge in [0.2, 0.25) is 0 Å². The van der Waals surface area contributed by atoms with E-state index in [9.17, 15) is 0 Å². The summed E-state index contributed by atoms with van der Waals surface area (Å²) in [6.45, 7) is 6.76. The van der Waals surface area contributed by atoms with Gasteiger partial charge in [0.25, 0.3) is 0 Å². The lowest BCUT2D eigenvalue weighted by molar-refractivity contribution is 0.0103. The Labute approximate surface area is 149 Å².